The highest BCUT2D eigenvalue weighted by Gasteiger charge is 2.24. The van der Waals surface area contributed by atoms with E-state index in [0.717, 1.165) is 13.1 Å². The molecule has 0 atom stereocenters. The summed E-state index contributed by atoms with van der Waals surface area (Å²) in [5.41, 5.74) is 2.24. The lowest BCUT2D eigenvalue weighted by molar-refractivity contribution is -0.114. The van der Waals surface area contributed by atoms with Crippen LogP contribution >= 0.6 is 0 Å². The summed E-state index contributed by atoms with van der Waals surface area (Å²) in [6.07, 6.45) is 1.56. The molecule has 2 aliphatic heterocycles. The number of aromatic nitrogens is 1. The zero-order chi connectivity index (χ0) is 17.2. The van der Waals surface area contributed by atoms with Crippen LogP contribution in [0, 0.1) is 0 Å². The molecule has 0 unspecified atom stereocenters. The number of carbonyl (C=O) groups excluding carboxylic acids is 2. The van der Waals surface area contributed by atoms with E-state index in [1.54, 1.807) is 12.3 Å². The van der Waals surface area contributed by atoms with Gasteiger partial charge in [-0.1, -0.05) is 18.2 Å². The van der Waals surface area contributed by atoms with Crippen LogP contribution in [-0.4, -0.2) is 54.4 Å². The van der Waals surface area contributed by atoms with Gasteiger partial charge in [0.25, 0.3) is 5.91 Å². The van der Waals surface area contributed by atoms with E-state index in [2.05, 4.69) is 32.7 Å². The van der Waals surface area contributed by atoms with Crippen LogP contribution in [-0.2, 0) is 4.79 Å². The van der Waals surface area contributed by atoms with Crippen molar-refractivity contribution in [1.29, 1.82) is 0 Å². The highest BCUT2D eigenvalue weighted by atomic mass is 16.2. The van der Waals surface area contributed by atoms with Crippen LogP contribution < -0.4 is 15.5 Å². The topological polar surface area (TPSA) is 77.6 Å². The lowest BCUT2D eigenvalue weighted by Gasteiger charge is -2.36. The van der Waals surface area contributed by atoms with Gasteiger partial charge in [-0.2, -0.15) is 0 Å². The van der Waals surface area contributed by atoms with Crippen molar-refractivity contribution in [3.8, 4) is 0 Å². The molecule has 7 heteroatoms. The molecule has 2 aliphatic rings. The monoisotopic (exact) mass is 337 g/mol. The van der Waals surface area contributed by atoms with E-state index in [0.29, 0.717) is 30.2 Å². The molecule has 1 aromatic carbocycles. The van der Waals surface area contributed by atoms with Crippen LogP contribution in [0.1, 0.15) is 10.4 Å². The van der Waals surface area contributed by atoms with Crippen molar-refractivity contribution < 1.29 is 9.59 Å². The average molecular weight is 337 g/mol. The minimum Gasteiger partial charge on any atom is -0.368 e. The van der Waals surface area contributed by atoms with Gasteiger partial charge < -0.3 is 20.4 Å². The second-order valence-corrected chi connectivity index (χ2v) is 6.14. The molecular formula is C18H19N5O2. The Hall–Kier alpha value is -3.09. The van der Waals surface area contributed by atoms with Crippen molar-refractivity contribution in [2.45, 2.75) is 0 Å². The van der Waals surface area contributed by atoms with Gasteiger partial charge in [-0.15, -0.1) is 0 Å². The number of nitrogens with one attached hydrogen (secondary N) is 2. The van der Waals surface area contributed by atoms with Crippen LogP contribution in [0.3, 0.4) is 0 Å². The third-order valence-corrected chi connectivity index (χ3v) is 4.51. The average Bonchev–Trinajstić information content (AvgIpc) is 2.67. The third-order valence-electron chi connectivity index (χ3n) is 4.51. The molecular weight excluding hydrogens is 318 g/mol. The highest BCUT2D eigenvalue weighted by Crippen LogP contribution is 2.24. The second-order valence-electron chi connectivity index (χ2n) is 6.14. The number of pyridine rings is 1. The van der Waals surface area contributed by atoms with E-state index in [1.807, 2.05) is 23.1 Å². The van der Waals surface area contributed by atoms with Gasteiger partial charge in [0.2, 0.25) is 5.91 Å². The minimum absolute atomic E-state index is 0.0529. The summed E-state index contributed by atoms with van der Waals surface area (Å²) < 4.78 is 0. The number of amides is 2. The van der Waals surface area contributed by atoms with Crippen molar-refractivity contribution in [3.63, 3.8) is 0 Å². The molecule has 1 fully saturated rings. The molecule has 0 radical (unpaired) electrons. The molecule has 0 saturated carbocycles. The molecule has 1 aromatic heterocycles. The number of fused-ring (bicyclic) bond motifs is 1. The Morgan fingerprint density at radius 2 is 1.84 bits per heavy atom. The van der Waals surface area contributed by atoms with E-state index < -0.39 is 0 Å². The smallest absolute Gasteiger partial charge is 0.255 e. The van der Waals surface area contributed by atoms with E-state index in [9.17, 15) is 9.59 Å². The van der Waals surface area contributed by atoms with E-state index in [4.69, 9.17) is 0 Å². The summed E-state index contributed by atoms with van der Waals surface area (Å²) >= 11 is 0. The minimum atomic E-state index is -0.129. The number of para-hydroxylation sites is 1. The van der Waals surface area contributed by atoms with Gasteiger partial charge in [-0.05, 0) is 18.2 Å². The van der Waals surface area contributed by atoms with Crippen LogP contribution in [0.2, 0.25) is 0 Å². The largest absolute Gasteiger partial charge is 0.368 e. The van der Waals surface area contributed by atoms with Crippen LogP contribution in [0.5, 0.6) is 0 Å². The SMILES string of the molecule is O=C1CNc2ncc(C(=O)N3CCN(c4ccccc4)CC3)cc2N1. The van der Waals surface area contributed by atoms with Gasteiger partial charge in [-0.25, -0.2) is 4.98 Å². The van der Waals surface area contributed by atoms with E-state index >= 15 is 0 Å². The number of anilines is 3. The first kappa shape index (κ1) is 15.4. The molecule has 3 heterocycles. The zero-order valence-electron chi connectivity index (χ0n) is 13.7. The Morgan fingerprint density at radius 3 is 2.60 bits per heavy atom. The molecule has 4 rings (SSSR count). The lowest BCUT2D eigenvalue weighted by atomic mass is 10.2. The molecule has 2 amide bonds. The molecule has 1 saturated heterocycles. The Kier molecular flexibility index (Phi) is 3.97. The van der Waals surface area contributed by atoms with Gasteiger partial charge in [0.15, 0.2) is 0 Å². The maximum Gasteiger partial charge on any atom is 0.255 e. The Bertz CT molecular complexity index is 800. The highest BCUT2D eigenvalue weighted by molar-refractivity contribution is 6.02. The van der Waals surface area contributed by atoms with Crippen LogP contribution in [0.4, 0.5) is 17.2 Å². The summed E-state index contributed by atoms with van der Waals surface area (Å²) in [6.45, 7) is 3.12. The van der Waals surface area contributed by atoms with Crippen LogP contribution in [0.15, 0.2) is 42.6 Å². The Labute approximate surface area is 145 Å². The second kappa shape index (κ2) is 6.43. The summed E-state index contributed by atoms with van der Waals surface area (Å²) in [5.74, 6) is 0.420. The zero-order valence-corrected chi connectivity index (χ0v) is 13.7. The predicted octanol–water partition coefficient (Wildman–Crippen LogP) is 1.41. The Morgan fingerprint density at radius 1 is 1.08 bits per heavy atom. The number of carbonyl (C=O) groups is 2. The number of hydrogen-bond acceptors (Lipinski definition) is 5. The maximum atomic E-state index is 12.7. The fourth-order valence-corrected chi connectivity index (χ4v) is 3.17. The summed E-state index contributed by atoms with van der Waals surface area (Å²) in [6, 6.07) is 11.9. The summed E-state index contributed by atoms with van der Waals surface area (Å²) in [7, 11) is 0. The molecule has 0 bridgehead atoms. The van der Waals surface area contributed by atoms with Gasteiger partial charge in [0.1, 0.15) is 5.82 Å². The number of piperazine rings is 1. The first-order valence-electron chi connectivity index (χ1n) is 8.34. The molecule has 7 nitrogen and oxygen atoms in total. The molecule has 2 aromatic rings. The first-order chi connectivity index (χ1) is 12.2. The van der Waals surface area contributed by atoms with E-state index in [1.165, 1.54) is 5.69 Å². The molecule has 0 aliphatic carbocycles. The first-order valence-corrected chi connectivity index (χ1v) is 8.34. The number of rotatable bonds is 2. The fraction of sp³-hybridized carbons (Fsp3) is 0.278. The molecule has 0 spiro atoms. The normalized spacial score (nSPS) is 16.7. The molecule has 2 N–H and O–H groups in total. The van der Waals surface area contributed by atoms with Crippen molar-refractivity contribution in [1.82, 2.24) is 9.88 Å². The van der Waals surface area contributed by atoms with Crippen LogP contribution in [0.25, 0.3) is 0 Å². The quantitative estimate of drug-likeness (QED) is 0.866. The lowest BCUT2D eigenvalue weighted by Crippen LogP contribution is -2.48. The fourth-order valence-electron chi connectivity index (χ4n) is 3.17. The van der Waals surface area contributed by atoms with Gasteiger partial charge in [-0.3, -0.25) is 9.59 Å². The number of nitrogens with zero attached hydrogens (tertiary/aromatic N) is 3. The number of benzene rings is 1. The van der Waals surface area contributed by atoms with Gasteiger partial charge >= 0.3 is 0 Å². The van der Waals surface area contributed by atoms with Crippen molar-refractivity contribution >= 4 is 29.0 Å². The standard InChI is InChI=1S/C18H19N5O2/c24-16-12-20-17-15(21-16)10-13(11-19-17)18(25)23-8-6-22(7-9-23)14-4-2-1-3-5-14/h1-5,10-11H,6-9,12H2,(H,19,20)(H,21,24). The maximum absolute atomic E-state index is 12.7. The van der Waals surface area contributed by atoms with Gasteiger partial charge in [0.05, 0.1) is 17.8 Å². The van der Waals surface area contributed by atoms with Gasteiger partial charge in [0, 0.05) is 38.1 Å². The molecule has 128 valence electrons. The third kappa shape index (κ3) is 3.13. The van der Waals surface area contributed by atoms with Crippen molar-refractivity contribution in [2.24, 2.45) is 0 Å². The van der Waals surface area contributed by atoms with Crippen molar-refractivity contribution in [3.05, 3.63) is 48.2 Å². The summed E-state index contributed by atoms with van der Waals surface area (Å²) in [4.78, 5) is 32.6. The number of hydrogen-bond donors (Lipinski definition) is 2. The molecule has 25 heavy (non-hydrogen) atoms. The summed E-state index contributed by atoms with van der Waals surface area (Å²) in [5, 5.41) is 5.67. The Balaban J connectivity index is 1.44. The van der Waals surface area contributed by atoms with Crippen molar-refractivity contribution in [2.75, 3.05) is 48.3 Å². The van der Waals surface area contributed by atoms with E-state index in [-0.39, 0.29) is 18.4 Å². The predicted molar refractivity (Wildman–Crippen MR) is 95.9 cm³/mol.